The summed E-state index contributed by atoms with van der Waals surface area (Å²) in [6.07, 6.45) is 27.4. The van der Waals surface area contributed by atoms with Gasteiger partial charge in [-0.3, -0.25) is 4.98 Å². The fourth-order valence-electron chi connectivity index (χ4n) is 6.72. The zero-order valence-electron chi connectivity index (χ0n) is 24.4. The molecule has 0 saturated heterocycles. The largest absolute Gasteiger partial charge is 0.265 e. The maximum atomic E-state index is 4.14. The van der Waals surface area contributed by atoms with Crippen molar-refractivity contribution in [3.8, 4) is 11.1 Å². The molecule has 0 amide bonds. The third kappa shape index (κ3) is 5.35. The number of nitrogens with zero attached hydrogens (tertiary/aromatic N) is 1. The van der Waals surface area contributed by atoms with Crippen molar-refractivity contribution in [2.24, 2.45) is 11.8 Å². The van der Waals surface area contributed by atoms with Gasteiger partial charge in [-0.05, 0) is 104 Å². The zero-order chi connectivity index (χ0) is 29.0. The van der Waals surface area contributed by atoms with E-state index < -0.39 is 0 Å². The molecule has 0 bridgehead atoms. The van der Waals surface area contributed by atoms with E-state index in [4.69, 9.17) is 0 Å². The summed E-state index contributed by atoms with van der Waals surface area (Å²) in [7, 11) is 0. The summed E-state index contributed by atoms with van der Waals surface area (Å²) >= 11 is 0. The predicted molar refractivity (Wildman–Crippen MR) is 185 cm³/mol. The van der Waals surface area contributed by atoms with E-state index in [0.717, 1.165) is 17.6 Å². The Labute approximate surface area is 254 Å². The van der Waals surface area contributed by atoms with Gasteiger partial charge < -0.3 is 0 Å². The van der Waals surface area contributed by atoms with Crippen LogP contribution in [0.5, 0.6) is 0 Å². The molecule has 1 heteroatoms. The van der Waals surface area contributed by atoms with Gasteiger partial charge in [-0.2, -0.15) is 0 Å². The Morgan fingerprint density at radius 1 is 0.814 bits per heavy atom. The summed E-state index contributed by atoms with van der Waals surface area (Å²) in [6.45, 7) is 4.14. The highest BCUT2D eigenvalue weighted by Gasteiger charge is 2.24. The van der Waals surface area contributed by atoms with Crippen molar-refractivity contribution in [1.29, 1.82) is 0 Å². The smallest absolute Gasteiger partial charge is 0.0270 e. The Hall–Kier alpha value is -5.01. The molecule has 0 N–H and O–H groups in total. The Morgan fingerprint density at radius 2 is 1.53 bits per heavy atom. The van der Waals surface area contributed by atoms with Gasteiger partial charge in [0.05, 0.1) is 0 Å². The van der Waals surface area contributed by atoms with Crippen molar-refractivity contribution in [2.75, 3.05) is 0 Å². The molecule has 0 aliphatic heterocycles. The van der Waals surface area contributed by atoms with Gasteiger partial charge in [0.2, 0.25) is 0 Å². The minimum absolute atomic E-state index is 0.477. The number of hydrogen-bond donors (Lipinski definition) is 0. The number of hydrogen-bond acceptors (Lipinski definition) is 1. The van der Waals surface area contributed by atoms with Crippen molar-refractivity contribution < 1.29 is 0 Å². The molecule has 2 aliphatic carbocycles. The van der Waals surface area contributed by atoms with Crippen LogP contribution in [0.1, 0.15) is 29.5 Å². The summed E-state index contributed by atoms with van der Waals surface area (Å²) in [4.78, 5) is 4.11. The molecule has 2 atom stereocenters. The van der Waals surface area contributed by atoms with Crippen molar-refractivity contribution in [3.63, 3.8) is 0 Å². The average molecular weight is 554 g/mol. The average Bonchev–Trinajstić information content (AvgIpc) is 3.07. The molecular formula is C42H35N. The summed E-state index contributed by atoms with van der Waals surface area (Å²) < 4.78 is 0. The lowest BCUT2D eigenvalue weighted by molar-refractivity contribution is 0.493. The van der Waals surface area contributed by atoms with E-state index in [9.17, 15) is 0 Å². The van der Waals surface area contributed by atoms with E-state index in [1.807, 2.05) is 18.5 Å². The van der Waals surface area contributed by atoms with Crippen LogP contribution in [0.3, 0.4) is 0 Å². The van der Waals surface area contributed by atoms with Gasteiger partial charge in [-0.15, -0.1) is 0 Å². The number of fused-ring (bicyclic) bond motifs is 3. The molecular weight excluding hydrogens is 518 g/mol. The van der Waals surface area contributed by atoms with Crippen LogP contribution in [0.2, 0.25) is 0 Å². The molecule has 208 valence electrons. The first kappa shape index (κ1) is 26.9. The quantitative estimate of drug-likeness (QED) is 0.111. The normalized spacial score (nSPS) is 18.2. The SMILES string of the molecule is C=C/C(=C\C=C/Cc1ccncc1)c1cccc(-c2c3ccccc3c(C3=CC4C=CCCC4C=C3)c3ccccc23)c1. The lowest BCUT2D eigenvalue weighted by Crippen LogP contribution is -2.14. The third-order valence-electron chi connectivity index (χ3n) is 8.85. The number of pyridine rings is 1. The predicted octanol–water partition coefficient (Wildman–Crippen LogP) is 11.0. The van der Waals surface area contributed by atoms with Crippen LogP contribution in [0.4, 0.5) is 0 Å². The second-order valence-corrected chi connectivity index (χ2v) is 11.5. The highest BCUT2D eigenvalue weighted by molar-refractivity contribution is 6.19. The molecule has 0 radical (unpaired) electrons. The lowest BCUT2D eigenvalue weighted by atomic mass is 9.77. The molecule has 0 spiro atoms. The molecule has 1 heterocycles. The molecule has 43 heavy (non-hydrogen) atoms. The topological polar surface area (TPSA) is 12.9 Å². The minimum atomic E-state index is 0.477. The maximum Gasteiger partial charge on any atom is 0.0270 e. The lowest BCUT2D eigenvalue weighted by Gasteiger charge is -2.27. The molecule has 2 unspecified atom stereocenters. The van der Waals surface area contributed by atoms with Crippen molar-refractivity contribution in [2.45, 2.75) is 19.3 Å². The van der Waals surface area contributed by atoms with Gasteiger partial charge in [0.1, 0.15) is 0 Å². The summed E-state index contributed by atoms with van der Waals surface area (Å²) in [6, 6.07) is 30.9. The van der Waals surface area contributed by atoms with E-state index in [0.29, 0.717) is 11.8 Å². The van der Waals surface area contributed by atoms with Crippen LogP contribution in [0.15, 0.2) is 159 Å². The zero-order valence-corrected chi connectivity index (χ0v) is 24.4. The van der Waals surface area contributed by atoms with Crippen LogP contribution in [0.25, 0.3) is 43.8 Å². The van der Waals surface area contributed by atoms with Crippen LogP contribution in [0, 0.1) is 11.8 Å². The monoisotopic (exact) mass is 553 g/mol. The fourth-order valence-corrected chi connectivity index (χ4v) is 6.72. The van der Waals surface area contributed by atoms with E-state index in [1.165, 1.54) is 62.2 Å². The molecule has 1 nitrogen and oxygen atoms in total. The second-order valence-electron chi connectivity index (χ2n) is 11.5. The Balaban J connectivity index is 1.34. The van der Waals surface area contributed by atoms with Crippen LogP contribution in [-0.2, 0) is 6.42 Å². The molecule has 5 aromatic rings. The minimum Gasteiger partial charge on any atom is -0.265 e. The highest BCUT2D eigenvalue weighted by atomic mass is 14.6. The molecule has 0 saturated carbocycles. The molecule has 0 fully saturated rings. The van der Waals surface area contributed by atoms with E-state index in [1.54, 1.807) is 0 Å². The summed E-state index contributed by atoms with van der Waals surface area (Å²) in [5.74, 6) is 1.09. The molecule has 2 aliphatic rings. The standard InChI is InChI=1S/C42H35N/c1-2-31(13-4-3-12-30-24-26-43-27-25-30)33-16-11-17-35(28-33)41-37-18-7-9-20-39(37)42(40-21-10-8-19-38(40)41)36-23-22-32-14-5-6-15-34(32)29-36/h2-4,6-11,13,15-29,32,34H,1,5,12,14H2/b4-3-,31-13+. The van der Waals surface area contributed by atoms with Gasteiger partial charge in [-0.25, -0.2) is 0 Å². The van der Waals surface area contributed by atoms with Crippen LogP contribution < -0.4 is 0 Å². The van der Waals surface area contributed by atoms with Gasteiger partial charge in [-0.1, -0.05) is 128 Å². The Morgan fingerprint density at radius 3 is 2.26 bits per heavy atom. The first-order valence-electron chi connectivity index (χ1n) is 15.3. The van der Waals surface area contributed by atoms with Gasteiger partial charge in [0, 0.05) is 18.3 Å². The molecule has 4 aromatic carbocycles. The number of allylic oxidation sites excluding steroid dienone is 11. The highest BCUT2D eigenvalue weighted by Crippen LogP contribution is 2.44. The van der Waals surface area contributed by atoms with Gasteiger partial charge in [0.25, 0.3) is 0 Å². The number of aromatic nitrogens is 1. The summed E-state index contributed by atoms with van der Waals surface area (Å²) in [5.41, 5.74) is 8.68. The van der Waals surface area contributed by atoms with E-state index in [-0.39, 0.29) is 0 Å². The van der Waals surface area contributed by atoms with E-state index >= 15 is 0 Å². The van der Waals surface area contributed by atoms with Gasteiger partial charge in [0.15, 0.2) is 0 Å². The first-order valence-corrected chi connectivity index (χ1v) is 15.3. The first-order chi connectivity index (χ1) is 21.3. The maximum absolute atomic E-state index is 4.14. The fraction of sp³-hybridized carbons (Fsp3) is 0.119. The number of rotatable bonds is 7. The van der Waals surface area contributed by atoms with Crippen molar-refractivity contribution in [1.82, 2.24) is 4.98 Å². The van der Waals surface area contributed by atoms with Crippen LogP contribution >= 0.6 is 0 Å². The van der Waals surface area contributed by atoms with Crippen molar-refractivity contribution >= 4 is 32.7 Å². The third-order valence-corrected chi connectivity index (χ3v) is 8.85. The number of benzene rings is 4. The summed E-state index contributed by atoms with van der Waals surface area (Å²) in [5, 5.41) is 5.17. The van der Waals surface area contributed by atoms with Crippen LogP contribution in [-0.4, -0.2) is 4.98 Å². The van der Waals surface area contributed by atoms with Crippen molar-refractivity contribution in [3.05, 3.63) is 175 Å². The van der Waals surface area contributed by atoms with E-state index in [2.05, 4.69) is 145 Å². The second kappa shape index (κ2) is 12.1. The Bertz CT molecular complexity index is 1910. The Kier molecular flexibility index (Phi) is 7.54. The molecule has 1 aromatic heterocycles. The molecule has 7 rings (SSSR count). The van der Waals surface area contributed by atoms with Gasteiger partial charge >= 0.3 is 0 Å².